The van der Waals surface area contributed by atoms with Gasteiger partial charge in [-0.1, -0.05) is 5.57 Å². The molecule has 0 aromatic heterocycles. The molecule has 0 radical (unpaired) electrons. The predicted octanol–water partition coefficient (Wildman–Crippen LogP) is 1.97. The summed E-state index contributed by atoms with van der Waals surface area (Å²) in [5, 5.41) is 0. The molecule has 0 aliphatic rings. The Kier molecular flexibility index (Phi) is 6.10. The molecule has 0 aliphatic carbocycles. The van der Waals surface area contributed by atoms with Gasteiger partial charge in [0, 0.05) is 6.42 Å². The molecular weight excluding hydrogens is 218 g/mol. The lowest BCUT2D eigenvalue weighted by molar-refractivity contribution is -0.154. The van der Waals surface area contributed by atoms with Gasteiger partial charge in [0.15, 0.2) is 5.78 Å². The molecule has 0 aliphatic heterocycles. The summed E-state index contributed by atoms with van der Waals surface area (Å²) < 4.78 is 5.13. The summed E-state index contributed by atoms with van der Waals surface area (Å²) >= 11 is 0. The van der Waals surface area contributed by atoms with Gasteiger partial charge in [-0.05, 0) is 47.1 Å². The van der Waals surface area contributed by atoms with Crippen molar-refractivity contribution in [1.82, 2.24) is 0 Å². The number of hydrogen-bond donors (Lipinski definition) is 1. The van der Waals surface area contributed by atoms with Crippen LogP contribution in [0.1, 0.15) is 47.5 Å². The number of hydrogen-bond acceptors (Lipinski definition) is 4. The van der Waals surface area contributed by atoms with Gasteiger partial charge in [-0.3, -0.25) is 9.59 Å². The Balaban J connectivity index is 4.09. The number of allylic oxidation sites excluding steroid dienone is 1. The number of ketones is 1. The molecule has 1 atom stereocenters. The number of carbonyl (C=O) groups excluding carboxylic acids is 2. The summed E-state index contributed by atoms with van der Waals surface area (Å²) in [7, 11) is 0. The smallest absolute Gasteiger partial charge is 0.306 e. The maximum Gasteiger partial charge on any atom is 0.306 e. The zero-order valence-electron chi connectivity index (χ0n) is 11.4. The van der Waals surface area contributed by atoms with E-state index >= 15 is 0 Å². The molecule has 17 heavy (non-hydrogen) atoms. The van der Waals surface area contributed by atoms with Crippen molar-refractivity contribution in [2.75, 3.05) is 0 Å². The number of esters is 1. The van der Waals surface area contributed by atoms with E-state index < -0.39 is 11.6 Å². The van der Waals surface area contributed by atoms with Gasteiger partial charge in [0.1, 0.15) is 5.60 Å². The lowest BCUT2D eigenvalue weighted by atomic mass is 10.1. The standard InChI is InChI=1S/C13H23NO3/c1-9(2)8-11(15)10(14)6-7-12(16)17-13(3,4)5/h8,10H,6-7,14H2,1-5H3/t10-/m0/s1. The summed E-state index contributed by atoms with van der Waals surface area (Å²) in [6.45, 7) is 9.08. The van der Waals surface area contributed by atoms with E-state index in [1.54, 1.807) is 20.8 Å². The first kappa shape index (κ1) is 15.8. The van der Waals surface area contributed by atoms with E-state index in [0.29, 0.717) is 6.42 Å². The second-order valence-electron chi connectivity index (χ2n) is 5.36. The zero-order chi connectivity index (χ0) is 13.6. The Morgan fingerprint density at radius 1 is 1.29 bits per heavy atom. The normalized spacial score (nSPS) is 12.8. The molecule has 0 fully saturated rings. The van der Waals surface area contributed by atoms with Crippen LogP contribution < -0.4 is 5.73 Å². The van der Waals surface area contributed by atoms with Crippen LogP contribution in [-0.2, 0) is 14.3 Å². The van der Waals surface area contributed by atoms with Gasteiger partial charge >= 0.3 is 5.97 Å². The van der Waals surface area contributed by atoms with Crippen LogP contribution in [0.15, 0.2) is 11.6 Å². The summed E-state index contributed by atoms with van der Waals surface area (Å²) in [5.74, 6) is -0.466. The maximum atomic E-state index is 11.5. The van der Waals surface area contributed by atoms with Gasteiger partial charge in [0.25, 0.3) is 0 Å². The van der Waals surface area contributed by atoms with Crippen LogP contribution in [0.3, 0.4) is 0 Å². The molecule has 0 unspecified atom stereocenters. The van der Waals surface area contributed by atoms with Gasteiger partial charge in [-0.2, -0.15) is 0 Å². The van der Waals surface area contributed by atoms with Crippen LogP contribution in [-0.4, -0.2) is 23.4 Å². The highest BCUT2D eigenvalue weighted by Gasteiger charge is 2.18. The zero-order valence-corrected chi connectivity index (χ0v) is 11.4. The molecule has 0 heterocycles. The quantitative estimate of drug-likeness (QED) is 0.590. The lowest BCUT2D eigenvalue weighted by Gasteiger charge is -2.19. The third kappa shape index (κ3) is 8.63. The Bertz CT molecular complexity index is 309. The molecule has 0 spiro atoms. The Hall–Kier alpha value is -1.16. The average molecular weight is 241 g/mol. The molecule has 4 heteroatoms. The molecular formula is C13H23NO3. The molecule has 0 saturated carbocycles. The van der Waals surface area contributed by atoms with Crippen molar-refractivity contribution >= 4 is 11.8 Å². The van der Waals surface area contributed by atoms with E-state index in [1.807, 2.05) is 13.8 Å². The second kappa shape index (κ2) is 6.55. The van der Waals surface area contributed by atoms with Crippen LogP contribution in [0.4, 0.5) is 0 Å². The number of rotatable bonds is 5. The van der Waals surface area contributed by atoms with E-state index in [9.17, 15) is 9.59 Å². The predicted molar refractivity (Wildman–Crippen MR) is 67.5 cm³/mol. The van der Waals surface area contributed by atoms with Crippen molar-refractivity contribution in [1.29, 1.82) is 0 Å². The summed E-state index contributed by atoms with van der Waals surface area (Å²) in [4.78, 5) is 22.9. The van der Waals surface area contributed by atoms with Crippen LogP contribution in [0, 0.1) is 0 Å². The Morgan fingerprint density at radius 2 is 1.82 bits per heavy atom. The molecule has 0 amide bonds. The summed E-state index contributed by atoms with van der Waals surface area (Å²) in [6.07, 6.45) is 1.98. The SMILES string of the molecule is CC(C)=CC(=O)[C@@H](N)CCC(=O)OC(C)(C)C. The second-order valence-corrected chi connectivity index (χ2v) is 5.36. The molecule has 0 saturated heterocycles. The number of nitrogens with two attached hydrogens (primary N) is 1. The fraction of sp³-hybridized carbons (Fsp3) is 0.692. The Morgan fingerprint density at radius 3 is 2.24 bits per heavy atom. The minimum atomic E-state index is -0.627. The molecule has 4 nitrogen and oxygen atoms in total. The van der Waals surface area contributed by atoms with Crippen molar-refractivity contribution in [2.45, 2.75) is 59.1 Å². The van der Waals surface area contributed by atoms with Crippen molar-refractivity contribution in [3.63, 3.8) is 0 Å². The largest absolute Gasteiger partial charge is 0.460 e. The third-order valence-electron chi connectivity index (χ3n) is 1.88. The summed E-state index contributed by atoms with van der Waals surface area (Å²) in [6, 6.07) is -0.627. The highest BCUT2D eigenvalue weighted by Crippen LogP contribution is 2.10. The fourth-order valence-electron chi connectivity index (χ4n) is 1.20. The van der Waals surface area contributed by atoms with E-state index in [2.05, 4.69) is 0 Å². The molecule has 2 N–H and O–H groups in total. The van der Waals surface area contributed by atoms with Crippen LogP contribution in [0.2, 0.25) is 0 Å². The van der Waals surface area contributed by atoms with Gasteiger partial charge in [-0.15, -0.1) is 0 Å². The average Bonchev–Trinajstić information content (AvgIpc) is 2.10. The molecule has 0 aromatic carbocycles. The van der Waals surface area contributed by atoms with Crippen LogP contribution in [0.5, 0.6) is 0 Å². The monoisotopic (exact) mass is 241 g/mol. The fourth-order valence-corrected chi connectivity index (χ4v) is 1.20. The highest BCUT2D eigenvalue weighted by atomic mass is 16.6. The van der Waals surface area contributed by atoms with E-state index in [-0.39, 0.29) is 18.2 Å². The van der Waals surface area contributed by atoms with E-state index in [1.165, 1.54) is 6.08 Å². The minimum Gasteiger partial charge on any atom is -0.460 e. The topological polar surface area (TPSA) is 69.4 Å². The van der Waals surface area contributed by atoms with E-state index in [4.69, 9.17) is 10.5 Å². The van der Waals surface area contributed by atoms with Crippen molar-refractivity contribution in [3.8, 4) is 0 Å². The highest BCUT2D eigenvalue weighted by molar-refractivity contribution is 5.94. The first-order chi connectivity index (χ1) is 7.61. The summed E-state index contributed by atoms with van der Waals surface area (Å²) in [5.41, 5.74) is 6.09. The van der Waals surface area contributed by atoms with Gasteiger partial charge < -0.3 is 10.5 Å². The molecule has 0 rings (SSSR count). The molecule has 98 valence electrons. The van der Waals surface area contributed by atoms with Crippen molar-refractivity contribution in [3.05, 3.63) is 11.6 Å². The molecule has 0 bridgehead atoms. The third-order valence-corrected chi connectivity index (χ3v) is 1.88. The van der Waals surface area contributed by atoms with E-state index in [0.717, 1.165) is 5.57 Å². The van der Waals surface area contributed by atoms with Crippen molar-refractivity contribution < 1.29 is 14.3 Å². The van der Waals surface area contributed by atoms with Gasteiger partial charge in [-0.25, -0.2) is 0 Å². The first-order valence-corrected chi connectivity index (χ1v) is 5.78. The van der Waals surface area contributed by atoms with Crippen LogP contribution >= 0.6 is 0 Å². The van der Waals surface area contributed by atoms with Crippen LogP contribution in [0.25, 0.3) is 0 Å². The Labute approximate surface area is 103 Å². The maximum absolute atomic E-state index is 11.5. The minimum absolute atomic E-state index is 0.145. The lowest BCUT2D eigenvalue weighted by Crippen LogP contribution is -2.31. The number of carbonyl (C=O) groups is 2. The van der Waals surface area contributed by atoms with Crippen molar-refractivity contribution in [2.24, 2.45) is 5.73 Å². The van der Waals surface area contributed by atoms with Gasteiger partial charge in [0.05, 0.1) is 6.04 Å². The molecule has 0 aromatic rings. The van der Waals surface area contributed by atoms with Gasteiger partial charge in [0.2, 0.25) is 0 Å². The number of ether oxygens (including phenoxy) is 1. The first-order valence-electron chi connectivity index (χ1n) is 5.78.